The van der Waals surface area contributed by atoms with Crippen LogP contribution < -0.4 is 5.32 Å². The zero-order valence-corrected chi connectivity index (χ0v) is 12.7. The Hall–Kier alpha value is -0.980. The first-order chi connectivity index (χ1) is 9.48. The van der Waals surface area contributed by atoms with Crippen LogP contribution in [0.5, 0.6) is 0 Å². The fraction of sp³-hybridized carbons (Fsp3) is 0.571. The van der Waals surface area contributed by atoms with Gasteiger partial charge in [-0.15, -0.1) is 0 Å². The molecular formula is C14H21FN2O2S. The van der Waals surface area contributed by atoms with Crippen molar-refractivity contribution < 1.29 is 12.8 Å². The van der Waals surface area contributed by atoms with Crippen LogP contribution >= 0.6 is 0 Å². The van der Waals surface area contributed by atoms with Gasteiger partial charge < -0.3 is 5.32 Å². The van der Waals surface area contributed by atoms with Gasteiger partial charge in [0.25, 0.3) is 0 Å². The second-order valence-corrected chi connectivity index (χ2v) is 7.09. The van der Waals surface area contributed by atoms with E-state index in [0.717, 1.165) is 18.9 Å². The molecule has 1 N–H and O–H groups in total. The number of sulfonamides is 1. The smallest absolute Gasteiger partial charge is 0.243 e. The number of nitrogens with one attached hydrogen (secondary N) is 1. The van der Waals surface area contributed by atoms with Crippen molar-refractivity contribution in [2.24, 2.45) is 5.92 Å². The molecule has 0 aromatic heterocycles. The lowest BCUT2D eigenvalue weighted by atomic mass is 10.2. The molecule has 0 unspecified atom stereocenters. The van der Waals surface area contributed by atoms with Crippen molar-refractivity contribution in [3.8, 4) is 0 Å². The second-order valence-electron chi connectivity index (χ2n) is 5.18. The van der Waals surface area contributed by atoms with Gasteiger partial charge in [0, 0.05) is 19.6 Å². The summed E-state index contributed by atoms with van der Waals surface area (Å²) in [5.74, 6) is -0.0584. The van der Waals surface area contributed by atoms with Crippen LogP contribution in [-0.4, -0.2) is 32.9 Å². The minimum atomic E-state index is -3.63. The van der Waals surface area contributed by atoms with E-state index < -0.39 is 15.8 Å². The fourth-order valence-corrected chi connectivity index (χ4v) is 3.99. The van der Waals surface area contributed by atoms with Crippen molar-refractivity contribution in [2.45, 2.75) is 31.2 Å². The van der Waals surface area contributed by atoms with Gasteiger partial charge in [0.1, 0.15) is 5.82 Å². The van der Waals surface area contributed by atoms with Crippen LogP contribution in [0, 0.1) is 11.7 Å². The molecule has 0 spiro atoms. The summed E-state index contributed by atoms with van der Waals surface area (Å²) in [6.07, 6.45) is 2.16. The SMILES string of the molecule is CCN(CC1CC1)S(=O)(=O)c1cc(F)ccc1CNC. The molecule has 1 saturated carbocycles. The lowest BCUT2D eigenvalue weighted by Crippen LogP contribution is -2.33. The molecular weight excluding hydrogens is 279 g/mol. The molecule has 1 fully saturated rings. The summed E-state index contributed by atoms with van der Waals surface area (Å²) in [5.41, 5.74) is 0.600. The summed E-state index contributed by atoms with van der Waals surface area (Å²) < 4.78 is 40.3. The van der Waals surface area contributed by atoms with E-state index in [1.165, 1.54) is 16.4 Å². The minimum Gasteiger partial charge on any atom is -0.316 e. The lowest BCUT2D eigenvalue weighted by molar-refractivity contribution is 0.411. The van der Waals surface area contributed by atoms with Gasteiger partial charge in [-0.3, -0.25) is 0 Å². The van der Waals surface area contributed by atoms with Gasteiger partial charge in [-0.1, -0.05) is 13.0 Å². The number of nitrogens with zero attached hydrogens (tertiary/aromatic N) is 1. The molecule has 0 heterocycles. The molecule has 1 aliphatic rings. The highest BCUT2D eigenvalue weighted by atomic mass is 32.2. The standard InChI is InChI=1S/C14H21FN2O2S/c1-3-17(10-11-4-5-11)20(18,19)14-8-13(15)7-6-12(14)9-16-2/h6-8,11,16H,3-5,9-10H2,1-2H3. The summed E-state index contributed by atoms with van der Waals surface area (Å²) >= 11 is 0. The molecule has 1 aromatic carbocycles. The maximum absolute atomic E-state index is 13.5. The van der Waals surface area contributed by atoms with Gasteiger partial charge in [0.15, 0.2) is 0 Å². The summed E-state index contributed by atoms with van der Waals surface area (Å²) in [5, 5.41) is 2.92. The van der Waals surface area contributed by atoms with E-state index in [4.69, 9.17) is 0 Å². The largest absolute Gasteiger partial charge is 0.316 e. The third-order valence-corrected chi connectivity index (χ3v) is 5.55. The van der Waals surface area contributed by atoms with Crippen molar-refractivity contribution in [1.29, 1.82) is 0 Å². The molecule has 0 bridgehead atoms. The van der Waals surface area contributed by atoms with Gasteiger partial charge >= 0.3 is 0 Å². The van der Waals surface area contributed by atoms with Crippen molar-refractivity contribution in [3.63, 3.8) is 0 Å². The average Bonchev–Trinajstić information content (AvgIpc) is 3.22. The van der Waals surface area contributed by atoms with Crippen LogP contribution in [0.3, 0.4) is 0 Å². The van der Waals surface area contributed by atoms with Crippen LogP contribution in [0.15, 0.2) is 23.1 Å². The maximum Gasteiger partial charge on any atom is 0.243 e. The van der Waals surface area contributed by atoms with Crippen LogP contribution in [0.25, 0.3) is 0 Å². The molecule has 112 valence electrons. The van der Waals surface area contributed by atoms with Gasteiger partial charge in [0.05, 0.1) is 4.90 Å². The highest BCUT2D eigenvalue weighted by Gasteiger charge is 2.32. The Bertz CT molecular complexity index is 571. The Morgan fingerprint density at radius 1 is 1.40 bits per heavy atom. The molecule has 0 saturated heterocycles. The van der Waals surface area contributed by atoms with Gasteiger partial charge in [0.2, 0.25) is 10.0 Å². The highest BCUT2D eigenvalue weighted by Crippen LogP contribution is 2.32. The van der Waals surface area contributed by atoms with E-state index in [1.54, 1.807) is 7.05 Å². The minimum absolute atomic E-state index is 0.0781. The van der Waals surface area contributed by atoms with Crippen molar-refractivity contribution in [1.82, 2.24) is 9.62 Å². The third-order valence-electron chi connectivity index (χ3n) is 3.53. The molecule has 4 nitrogen and oxygen atoms in total. The number of hydrogen-bond acceptors (Lipinski definition) is 3. The Morgan fingerprint density at radius 3 is 2.65 bits per heavy atom. The predicted octanol–water partition coefficient (Wildman–Crippen LogP) is 1.97. The summed E-state index contributed by atoms with van der Waals surface area (Å²) in [6, 6.07) is 3.95. The first-order valence-electron chi connectivity index (χ1n) is 6.92. The fourth-order valence-electron chi connectivity index (χ4n) is 2.23. The highest BCUT2D eigenvalue weighted by molar-refractivity contribution is 7.89. The number of hydrogen-bond donors (Lipinski definition) is 1. The molecule has 6 heteroatoms. The van der Waals surface area contributed by atoms with E-state index in [9.17, 15) is 12.8 Å². The summed E-state index contributed by atoms with van der Waals surface area (Å²) in [7, 11) is -1.89. The van der Waals surface area contributed by atoms with Gasteiger partial charge in [-0.05, 0) is 43.5 Å². The van der Waals surface area contributed by atoms with Crippen LogP contribution in [0.2, 0.25) is 0 Å². The maximum atomic E-state index is 13.5. The third kappa shape index (κ3) is 3.37. The van der Waals surface area contributed by atoms with Gasteiger partial charge in [-0.2, -0.15) is 4.31 Å². The Morgan fingerprint density at radius 2 is 2.10 bits per heavy atom. The quantitative estimate of drug-likeness (QED) is 0.837. The molecule has 0 aliphatic heterocycles. The second kappa shape index (κ2) is 6.20. The van der Waals surface area contributed by atoms with Crippen molar-refractivity contribution in [3.05, 3.63) is 29.6 Å². The molecule has 1 aromatic rings. The van der Waals surface area contributed by atoms with Crippen molar-refractivity contribution in [2.75, 3.05) is 20.1 Å². The number of benzene rings is 1. The molecule has 20 heavy (non-hydrogen) atoms. The van der Waals surface area contributed by atoms with Gasteiger partial charge in [-0.25, -0.2) is 12.8 Å². The zero-order valence-electron chi connectivity index (χ0n) is 11.9. The number of rotatable bonds is 7. The normalized spacial score (nSPS) is 15.8. The Labute approximate surface area is 120 Å². The van der Waals surface area contributed by atoms with Crippen LogP contribution in [0.1, 0.15) is 25.3 Å². The van der Waals surface area contributed by atoms with E-state index in [-0.39, 0.29) is 4.90 Å². The predicted molar refractivity (Wildman–Crippen MR) is 76.3 cm³/mol. The molecule has 0 radical (unpaired) electrons. The number of halogens is 1. The van der Waals surface area contributed by atoms with Crippen LogP contribution in [-0.2, 0) is 16.6 Å². The monoisotopic (exact) mass is 300 g/mol. The first-order valence-corrected chi connectivity index (χ1v) is 8.36. The van der Waals surface area contributed by atoms with Crippen molar-refractivity contribution >= 4 is 10.0 Å². The van der Waals surface area contributed by atoms with E-state index in [0.29, 0.717) is 31.1 Å². The Kier molecular flexibility index (Phi) is 4.78. The van der Waals surface area contributed by atoms with E-state index >= 15 is 0 Å². The molecule has 2 rings (SSSR count). The summed E-state index contributed by atoms with van der Waals surface area (Å²) in [4.78, 5) is 0.0781. The van der Waals surface area contributed by atoms with E-state index in [1.807, 2.05) is 6.92 Å². The van der Waals surface area contributed by atoms with Crippen LogP contribution in [0.4, 0.5) is 4.39 Å². The van der Waals surface area contributed by atoms with E-state index in [2.05, 4.69) is 5.32 Å². The zero-order chi connectivity index (χ0) is 14.8. The summed E-state index contributed by atoms with van der Waals surface area (Å²) in [6.45, 7) is 3.16. The molecule has 0 amide bonds. The average molecular weight is 300 g/mol. The topological polar surface area (TPSA) is 49.4 Å². The lowest BCUT2D eigenvalue weighted by Gasteiger charge is -2.22. The molecule has 1 aliphatic carbocycles. The molecule has 0 atom stereocenters. The Balaban J connectivity index is 2.37. The first kappa shape index (κ1) is 15.4.